The molecule has 0 spiro atoms. The largest absolute Gasteiger partial charge is 0.465 e. The van der Waals surface area contributed by atoms with Crippen molar-refractivity contribution in [3.8, 4) is 22.7 Å². The molecule has 2 heterocycles. The Morgan fingerprint density at radius 2 is 1.85 bits per heavy atom. The Bertz CT molecular complexity index is 1780. The molecule has 0 aliphatic carbocycles. The lowest BCUT2D eigenvalue weighted by Gasteiger charge is -2.13. The molecule has 0 aliphatic heterocycles. The van der Waals surface area contributed by atoms with Gasteiger partial charge in [0.1, 0.15) is 11.5 Å². The molecular weight excluding hydrogens is 544 g/mol. The topological polar surface area (TPSA) is 100 Å². The van der Waals surface area contributed by atoms with Gasteiger partial charge in [0.2, 0.25) is 0 Å². The first kappa shape index (κ1) is 26.0. The van der Waals surface area contributed by atoms with Crippen molar-refractivity contribution in [2.45, 2.75) is 13.1 Å². The van der Waals surface area contributed by atoms with Gasteiger partial charge in [0, 0.05) is 16.5 Å². The number of alkyl halides is 3. The predicted molar refractivity (Wildman–Crippen MR) is 131 cm³/mol. The Hall–Kier alpha value is -4.58. The summed E-state index contributed by atoms with van der Waals surface area (Å²) in [6.45, 7) is 1.59. The number of rotatable bonds is 4. The van der Waals surface area contributed by atoms with Gasteiger partial charge in [0.05, 0.1) is 34.3 Å². The Morgan fingerprint density at radius 1 is 1.08 bits per heavy atom. The molecule has 13 heteroatoms. The SMILES string of the molecule is COC(=O)c1ccc(-c2nn(C(=O)c3c(Cl)cccc3C(F)(F)F)c3cc(-c4nc(C)no4)ccc23)c(F)c1. The van der Waals surface area contributed by atoms with Gasteiger partial charge < -0.3 is 9.26 Å². The number of nitrogens with zero attached hydrogens (tertiary/aromatic N) is 4. The van der Waals surface area contributed by atoms with E-state index in [9.17, 15) is 22.8 Å². The van der Waals surface area contributed by atoms with Gasteiger partial charge in [-0.2, -0.15) is 27.9 Å². The minimum atomic E-state index is -4.90. The zero-order valence-electron chi connectivity index (χ0n) is 20.0. The number of aromatic nitrogens is 4. The molecule has 0 atom stereocenters. The van der Waals surface area contributed by atoms with Gasteiger partial charge in [0.15, 0.2) is 5.82 Å². The number of esters is 1. The third kappa shape index (κ3) is 4.63. The van der Waals surface area contributed by atoms with E-state index in [1.807, 2.05) is 0 Å². The van der Waals surface area contributed by atoms with Crippen molar-refractivity contribution in [1.82, 2.24) is 19.9 Å². The highest BCUT2D eigenvalue weighted by Gasteiger charge is 2.37. The van der Waals surface area contributed by atoms with Gasteiger partial charge in [-0.3, -0.25) is 4.79 Å². The zero-order valence-corrected chi connectivity index (χ0v) is 20.8. The van der Waals surface area contributed by atoms with Crippen molar-refractivity contribution >= 4 is 34.4 Å². The highest BCUT2D eigenvalue weighted by Crippen LogP contribution is 2.38. The summed E-state index contributed by atoms with van der Waals surface area (Å²) < 4.78 is 67.1. The minimum Gasteiger partial charge on any atom is -0.465 e. The molecule has 5 aromatic rings. The molecule has 0 radical (unpaired) electrons. The van der Waals surface area contributed by atoms with Crippen molar-refractivity contribution in [3.63, 3.8) is 0 Å². The van der Waals surface area contributed by atoms with E-state index in [-0.39, 0.29) is 33.6 Å². The molecule has 0 amide bonds. The summed E-state index contributed by atoms with van der Waals surface area (Å²) in [7, 11) is 1.14. The lowest BCUT2D eigenvalue weighted by molar-refractivity contribution is -0.137. The summed E-state index contributed by atoms with van der Waals surface area (Å²) in [5.41, 5.74) is -1.99. The number of carbonyl (C=O) groups excluding carboxylic acids is 2. The van der Waals surface area contributed by atoms with Crippen molar-refractivity contribution in [2.24, 2.45) is 0 Å². The van der Waals surface area contributed by atoms with Crippen LogP contribution in [0.4, 0.5) is 17.6 Å². The Balaban J connectivity index is 1.77. The van der Waals surface area contributed by atoms with Crippen LogP contribution in [0.25, 0.3) is 33.6 Å². The van der Waals surface area contributed by atoms with Crippen molar-refractivity contribution in [1.29, 1.82) is 0 Å². The summed E-state index contributed by atoms with van der Waals surface area (Å²) >= 11 is 6.07. The van der Waals surface area contributed by atoms with E-state index in [0.29, 0.717) is 16.1 Å². The van der Waals surface area contributed by atoms with Crippen molar-refractivity contribution in [2.75, 3.05) is 7.11 Å². The molecule has 0 bridgehead atoms. The Labute approximate surface area is 221 Å². The molecule has 5 rings (SSSR count). The van der Waals surface area contributed by atoms with Gasteiger partial charge in [-0.1, -0.05) is 22.8 Å². The molecule has 0 aliphatic rings. The molecule has 0 unspecified atom stereocenters. The molecule has 198 valence electrons. The Kier molecular flexibility index (Phi) is 6.43. The van der Waals surface area contributed by atoms with Gasteiger partial charge in [-0.15, -0.1) is 0 Å². The first-order valence-electron chi connectivity index (χ1n) is 11.1. The summed E-state index contributed by atoms with van der Waals surface area (Å²) in [5, 5.41) is 7.70. The third-order valence-electron chi connectivity index (χ3n) is 5.83. The summed E-state index contributed by atoms with van der Waals surface area (Å²) in [5.74, 6) is -2.44. The fourth-order valence-corrected chi connectivity index (χ4v) is 4.31. The predicted octanol–water partition coefficient (Wildman–Crippen LogP) is 6.35. The maximum Gasteiger partial charge on any atom is 0.417 e. The maximum absolute atomic E-state index is 15.2. The molecule has 0 fully saturated rings. The van der Waals surface area contributed by atoms with Crippen LogP contribution < -0.4 is 0 Å². The molecule has 3 aromatic carbocycles. The second-order valence-corrected chi connectivity index (χ2v) is 8.70. The van der Waals surface area contributed by atoms with Crippen LogP contribution in [-0.2, 0) is 10.9 Å². The van der Waals surface area contributed by atoms with Gasteiger partial charge in [-0.05, 0) is 55.5 Å². The molecule has 0 saturated carbocycles. The van der Waals surface area contributed by atoms with Crippen LogP contribution >= 0.6 is 11.6 Å². The van der Waals surface area contributed by atoms with Crippen LogP contribution in [0.1, 0.15) is 32.1 Å². The molecule has 0 N–H and O–H groups in total. The van der Waals surface area contributed by atoms with Crippen LogP contribution in [0.15, 0.2) is 59.1 Å². The fraction of sp³-hybridized carbons (Fsp3) is 0.115. The smallest absolute Gasteiger partial charge is 0.417 e. The molecular formula is C26H15ClF4N4O4. The third-order valence-corrected chi connectivity index (χ3v) is 6.14. The molecule has 8 nitrogen and oxygen atoms in total. The summed E-state index contributed by atoms with van der Waals surface area (Å²) in [4.78, 5) is 29.6. The molecule has 2 aromatic heterocycles. The van der Waals surface area contributed by atoms with Gasteiger partial charge >= 0.3 is 12.1 Å². The number of ether oxygens (including phenoxy) is 1. The summed E-state index contributed by atoms with van der Waals surface area (Å²) in [6, 6.07) is 10.9. The fourth-order valence-electron chi connectivity index (χ4n) is 4.05. The van der Waals surface area contributed by atoms with Gasteiger partial charge in [-0.25, -0.2) is 9.18 Å². The molecule has 0 saturated heterocycles. The van der Waals surface area contributed by atoms with Crippen molar-refractivity contribution < 1.29 is 36.4 Å². The quantitative estimate of drug-likeness (QED) is 0.187. The highest BCUT2D eigenvalue weighted by atomic mass is 35.5. The molecule has 39 heavy (non-hydrogen) atoms. The van der Waals surface area contributed by atoms with Crippen molar-refractivity contribution in [3.05, 3.63) is 88.0 Å². The van der Waals surface area contributed by atoms with E-state index >= 15 is 4.39 Å². The highest BCUT2D eigenvalue weighted by molar-refractivity contribution is 6.34. The normalized spacial score (nSPS) is 11.7. The van der Waals surface area contributed by atoms with E-state index in [1.165, 1.54) is 24.3 Å². The second kappa shape index (κ2) is 9.62. The van der Waals surface area contributed by atoms with E-state index in [1.54, 1.807) is 13.0 Å². The number of carbonyl (C=O) groups is 2. The maximum atomic E-state index is 15.2. The number of hydrogen-bond donors (Lipinski definition) is 0. The first-order chi connectivity index (χ1) is 18.5. The van der Waals surface area contributed by atoms with Crippen LogP contribution in [-0.4, -0.2) is 38.9 Å². The lowest BCUT2D eigenvalue weighted by Crippen LogP contribution is -2.20. The minimum absolute atomic E-state index is 0.0211. The van der Waals surface area contributed by atoms with E-state index in [0.717, 1.165) is 31.4 Å². The average Bonchev–Trinajstić information content (AvgIpc) is 3.50. The lowest BCUT2D eigenvalue weighted by atomic mass is 10.0. The van der Waals surface area contributed by atoms with E-state index in [4.69, 9.17) is 16.1 Å². The monoisotopic (exact) mass is 558 g/mol. The van der Waals surface area contributed by atoms with E-state index in [2.05, 4.69) is 20.0 Å². The number of fused-ring (bicyclic) bond motifs is 1. The number of halogens is 5. The second-order valence-electron chi connectivity index (χ2n) is 8.29. The number of benzene rings is 3. The zero-order chi connectivity index (χ0) is 28.1. The first-order valence-corrected chi connectivity index (χ1v) is 11.5. The van der Waals surface area contributed by atoms with Crippen LogP contribution in [0.5, 0.6) is 0 Å². The number of methoxy groups -OCH3 is 1. The standard InChI is InChI=1S/C26H15ClF4N4O4/c1-12-32-23(39-34-12)13-6-9-16-20(11-13)35(24(36)21-17(26(29,30)31)4-3-5-18(21)27)33-22(16)15-8-7-14(10-19(15)28)25(37)38-2/h3-11H,1-2H3. The number of hydrogen-bond acceptors (Lipinski definition) is 7. The van der Waals surface area contributed by atoms with Crippen LogP contribution in [0.2, 0.25) is 5.02 Å². The van der Waals surface area contributed by atoms with Gasteiger partial charge in [0.25, 0.3) is 11.8 Å². The number of aryl methyl sites for hydroxylation is 1. The Morgan fingerprint density at radius 3 is 2.49 bits per heavy atom. The average molecular weight is 559 g/mol. The summed E-state index contributed by atoms with van der Waals surface area (Å²) in [6.07, 6.45) is -4.90. The van der Waals surface area contributed by atoms with Crippen LogP contribution in [0, 0.1) is 12.7 Å². The van der Waals surface area contributed by atoms with E-state index < -0.39 is 40.0 Å². The van der Waals surface area contributed by atoms with Crippen LogP contribution in [0.3, 0.4) is 0 Å².